The molecule has 2 aromatic rings. The second kappa shape index (κ2) is 3.73. The van der Waals surface area contributed by atoms with Crippen LogP contribution in [0.4, 0.5) is 0 Å². The summed E-state index contributed by atoms with van der Waals surface area (Å²) in [6.07, 6.45) is 4.27. The average Bonchev–Trinajstić information content (AvgIpc) is 2.95. The number of benzene rings is 1. The van der Waals surface area contributed by atoms with Gasteiger partial charge in [-0.1, -0.05) is 0 Å². The van der Waals surface area contributed by atoms with Crippen molar-refractivity contribution >= 4 is 5.78 Å². The summed E-state index contributed by atoms with van der Waals surface area (Å²) in [5, 5.41) is 0. The first-order valence-corrected chi connectivity index (χ1v) is 5.53. The number of ether oxygens (including phenoxy) is 1. The number of carbonyl (C=O) groups is 1. The lowest BCUT2D eigenvalue weighted by Gasteiger charge is -2.03. The number of aromatic nitrogens is 2. The molecule has 0 atom stereocenters. The lowest BCUT2D eigenvalue weighted by molar-refractivity contribution is 0.102. The number of rotatable bonds is 2. The molecule has 0 N–H and O–H groups in total. The Morgan fingerprint density at radius 2 is 2.35 bits per heavy atom. The number of aryl methyl sites for hydroxylation is 1. The molecule has 0 saturated carbocycles. The summed E-state index contributed by atoms with van der Waals surface area (Å²) in [5.41, 5.74) is 1.77. The topological polar surface area (TPSA) is 44.1 Å². The van der Waals surface area contributed by atoms with Crippen LogP contribution in [0.2, 0.25) is 0 Å². The molecule has 2 heterocycles. The third-order valence-corrected chi connectivity index (χ3v) is 2.98. The van der Waals surface area contributed by atoms with Crippen LogP contribution in [-0.4, -0.2) is 21.9 Å². The van der Waals surface area contributed by atoms with Crippen LogP contribution < -0.4 is 4.74 Å². The SMILES string of the molecule is Cn1ccnc1C(=O)c1ccc2c(c1)CCO2. The lowest BCUT2D eigenvalue weighted by Crippen LogP contribution is -2.08. The molecule has 1 aromatic carbocycles. The zero-order chi connectivity index (χ0) is 11.8. The Kier molecular flexibility index (Phi) is 2.21. The van der Waals surface area contributed by atoms with E-state index in [1.807, 2.05) is 19.2 Å². The molecule has 1 aromatic heterocycles. The van der Waals surface area contributed by atoms with Gasteiger partial charge in [0.25, 0.3) is 0 Å². The lowest BCUT2D eigenvalue weighted by atomic mass is 10.1. The van der Waals surface area contributed by atoms with Crippen molar-refractivity contribution < 1.29 is 9.53 Å². The second-order valence-corrected chi connectivity index (χ2v) is 4.11. The van der Waals surface area contributed by atoms with Gasteiger partial charge in [0.05, 0.1) is 6.61 Å². The van der Waals surface area contributed by atoms with Crippen LogP contribution in [0, 0.1) is 0 Å². The van der Waals surface area contributed by atoms with Crippen LogP contribution in [0.5, 0.6) is 5.75 Å². The number of hydrogen-bond donors (Lipinski definition) is 0. The molecule has 0 saturated heterocycles. The fraction of sp³-hybridized carbons (Fsp3) is 0.231. The van der Waals surface area contributed by atoms with E-state index in [-0.39, 0.29) is 5.78 Å². The van der Waals surface area contributed by atoms with E-state index in [0.29, 0.717) is 18.0 Å². The molecule has 3 rings (SSSR count). The number of carbonyl (C=O) groups excluding carboxylic acids is 1. The average molecular weight is 228 g/mol. The van der Waals surface area contributed by atoms with Gasteiger partial charge in [-0.05, 0) is 23.8 Å². The molecule has 1 aliphatic rings. The normalized spacial score (nSPS) is 13.2. The minimum atomic E-state index is -0.0489. The predicted octanol–water partition coefficient (Wildman–Crippen LogP) is 1.59. The van der Waals surface area contributed by atoms with Gasteiger partial charge in [-0.15, -0.1) is 0 Å². The summed E-state index contributed by atoms with van der Waals surface area (Å²) in [4.78, 5) is 16.3. The second-order valence-electron chi connectivity index (χ2n) is 4.11. The van der Waals surface area contributed by atoms with Gasteiger partial charge < -0.3 is 9.30 Å². The summed E-state index contributed by atoms with van der Waals surface area (Å²) in [6, 6.07) is 5.55. The van der Waals surface area contributed by atoms with E-state index in [1.54, 1.807) is 23.0 Å². The minimum absolute atomic E-state index is 0.0489. The fourth-order valence-corrected chi connectivity index (χ4v) is 2.04. The summed E-state index contributed by atoms with van der Waals surface area (Å²) in [5.74, 6) is 1.30. The Labute approximate surface area is 98.9 Å². The zero-order valence-corrected chi connectivity index (χ0v) is 9.51. The quantitative estimate of drug-likeness (QED) is 0.733. The van der Waals surface area contributed by atoms with Crippen molar-refractivity contribution in [2.24, 2.45) is 7.05 Å². The monoisotopic (exact) mass is 228 g/mol. The van der Waals surface area contributed by atoms with Crippen molar-refractivity contribution in [1.29, 1.82) is 0 Å². The molecule has 17 heavy (non-hydrogen) atoms. The van der Waals surface area contributed by atoms with E-state index in [0.717, 1.165) is 17.7 Å². The highest BCUT2D eigenvalue weighted by Crippen LogP contribution is 2.26. The third-order valence-electron chi connectivity index (χ3n) is 2.98. The van der Waals surface area contributed by atoms with Crippen molar-refractivity contribution in [2.75, 3.05) is 6.61 Å². The molecule has 0 aliphatic carbocycles. The Hall–Kier alpha value is -2.10. The van der Waals surface area contributed by atoms with Crippen LogP contribution >= 0.6 is 0 Å². The minimum Gasteiger partial charge on any atom is -0.493 e. The van der Waals surface area contributed by atoms with Gasteiger partial charge in [-0.25, -0.2) is 4.98 Å². The molecule has 0 radical (unpaired) electrons. The molecule has 0 amide bonds. The van der Waals surface area contributed by atoms with Crippen LogP contribution in [0.15, 0.2) is 30.6 Å². The molecule has 86 valence electrons. The van der Waals surface area contributed by atoms with E-state index in [1.165, 1.54) is 0 Å². The highest BCUT2D eigenvalue weighted by Gasteiger charge is 2.18. The van der Waals surface area contributed by atoms with Gasteiger partial charge in [0.1, 0.15) is 5.75 Å². The zero-order valence-electron chi connectivity index (χ0n) is 9.51. The van der Waals surface area contributed by atoms with Crippen LogP contribution in [0.3, 0.4) is 0 Å². The number of imidazole rings is 1. The maximum Gasteiger partial charge on any atom is 0.228 e. The van der Waals surface area contributed by atoms with Gasteiger partial charge in [0, 0.05) is 31.4 Å². The smallest absolute Gasteiger partial charge is 0.228 e. The van der Waals surface area contributed by atoms with Crippen molar-refractivity contribution in [3.8, 4) is 5.75 Å². The van der Waals surface area contributed by atoms with Crippen molar-refractivity contribution in [1.82, 2.24) is 9.55 Å². The van der Waals surface area contributed by atoms with E-state index in [9.17, 15) is 4.79 Å². The summed E-state index contributed by atoms with van der Waals surface area (Å²) < 4.78 is 7.14. The van der Waals surface area contributed by atoms with E-state index in [4.69, 9.17) is 4.74 Å². The molecule has 4 nitrogen and oxygen atoms in total. The third kappa shape index (κ3) is 1.62. The molecular formula is C13H12N2O2. The maximum absolute atomic E-state index is 12.2. The van der Waals surface area contributed by atoms with E-state index in [2.05, 4.69) is 4.98 Å². The summed E-state index contributed by atoms with van der Waals surface area (Å²) in [7, 11) is 1.82. The highest BCUT2D eigenvalue weighted by molar-refractivity contribution is 6.06. The van der Waals surface area contributed by atoms with Crippen molar-refractivity contribution in [2.45, 2.75) is 6.42 Å². The largest absolute Gasteiger partial charge is 0.493 e. The molecule has 0 unspecified atom stereocenters. The van der Waals surface area contributed by atoms with Gasteiger partial charge in [0.15, 0.2) is 5.82 Å². The van der Waals surface area contributed by atoms with Crippen LogP contribution in [0.25, 0.3) is 0 Å². The van der Waals surface area contributed by atoms with Crippen LogP contribution in [-0.2, 0) is 13.5 Å². The molecule has 4 heteroatoms. The summed E-state index contributed by atoms with van der Waals surface area (Å²) in [6.45, 7) is 0.704. The predicted molar refractivity (Wildman–Crippen MR) is 62.3 cm³/mol. The van der Waals surface area contributed by atoms with Gasteiger partial charge in [-0.2, -0.15) is 0 Å². The van der Waals surface area contributed by atoms with E-state index >= 15 is 0 Å². The number of hydrogen-bond acceptors (Lipinski definition) is 3. The standard InChI is InChI=1S/C13H12N2O2/c1-15-6-5-14-13(15)12(16)10-2-3-11-9(8-10)4-7-17-11/h2-3,5-6,8H,4,7H2,1H3. The van der Waals surface area contributed by atoms with E-state index < -0.39 is 0 Å². The molecule has 0 bridgehead atoms. The first-order chi connectivity index (χ1) is 8.25. The number of nitrogens with zero attached hydrogens (tertiary/aromatic N) is 2. The van der Waals surface area contributed by atoms with Crippen LogP contribution in [0.1, 0.15) is 21.7 Å². The Morgan fingerprint density at radius 1 is 1.47 bits per heavy atom. The Morgan fingerprint density at radius 3 is 3.12 bits per heavy atom. The van der Waals surface area contributed by atoms with Gasteiger partial charge >= 0.3 is 0 Å². The van der Waals surface area contributed by atoms with Gasteiger partial charge in [-0.3, -0.25) is 4.79 Å². The first kappa shape index (κ1) is 10.1. The fourth-order valence-electron chi connectivity index (χ4n) is 2.04. The first-order valence-electron chi connectivity index (χ1n) is 5.53. The summed E-state index contributed by atoms with van der Waals surface area (Å²) >= 11 is 0. The Bertz CT molecular complexity index is 587. The van der Waals surface area contributed by atoms with Crippen molar-refractivity contribution in [3.63, 3.8) is 0 Å². The number of ketones is 1. The molecule has 1 aliphatic heterocycles. The number of fused-ring (bicyclic) bond motifs is 1. The van der Waals surface area contributed by atoms with Gasteiger partial charge in [0.2, 0.25) is 5.78 Å². The molecule has 0 fully saturated rings. The Balaban J connectivity index is 2.00. The highest BCUT2D eigenvalue weighted by atomic mass is 16.5. The molecule has 0 spiro atoms. The van der Waals surface area contributed by atoms with Crippen molar-refractivity contribution in [3.05, 3.63) is 47.5 Å². The molecular weight excluding hydrogens is 216 g/mol. The maximum atomic E-state index is 12.2.